The standard InChI is InChI=1S/C22H17ClF3N3O/c1-3-6-14(7-4-2)27-21(30)16-8-5-9-18-19(16)29-20(28-18)15-11-10-13(23)12-17(15)22(24,25)26/h3-12H,1H2,2H3,(H,27,30)(H,28,29)/b7-4-,14-6+. The molecule has 2 N–H and O–H groups in total. The zero-order chi connectivity index (χ0) is 21.9. The van der Waals surface area contributed by atoms with Gasteiger partial charge in [0.15, 0.2) is 0 Å². The lowest BCUT2D eigenvalue weighted by Crippen LogP contribution is -2.22. The van der Waals surface area contributed by atoms with Gasteiger partial charge in [-0.25, -0.2) is 4.98 Å². The predicted molar refractivity (Wildman–Crippen MR) is 112 cm³/mol. The van der Waals surface area contributed by atoms with E-state index in [9.17, 15) is 18.0 Å². The highest BCUT2D eigenvalue weighted by Crippen LogP contribution is 2.38. The number of nitrogens with one attached hydrogen (secondary N) is 2. The van der Waals surface area contributed by atoms with E-state index in [1.165, 1.54) is 18.2 Å². The fraction of sp³-hybridized carbons (Fsp3) is 0.0909. The molecule has 0 unspecified atom stereocenters. The molecule has 0 bridgehead atoms. The molecule has 0 saturated carbocycles. The number of H-pyrrole nitrogens is 1. The second-order valence-corrected chi connectivity index (χ2v) is 6.72. The minimum absolute atomic E-state index is 0.00967. The predicted octanol–water partition coefficient (Wildman–Crippen LogP) is 6.28. The minimum Gasteiger partial charge on any atom is -0.338 e. The Kier molecular flexibility index (Phi) is 6.12. The second-order valence-electron chi connectivity index (χ2n) is 6.29. The third-order valence-corrected chi connectivity index (χ3v) is 4.44. The number of fused-ring (bicyclic) bond motifs is 1. The van der Waals surface area contributed by atoms with E-state index in [0.29, 0.717) is 11.2 Å². The van der Waals surface area contributed by atoms with Gasteiger partial charge in [0.2, 0.25) is 0 Å². The quantitative estimate of drug-likeness (QED) is 0.467. The highest BCUT2D eigenvalue weighted by molar-refractivity contribution is 6.30. The Bertz CT molecular complexity index is 1180. The van der Waals surface area contributed by atoms with Crippen molar-refractivity contribution in [2.75, 3.05) is 0 Å². The molecule has 0 radical (unpaired) electrons. The first-order valence-corrected chi connectivity index (χ1v) is 9.25. The molecule has 0 spiro atoms. The van der Waals surface area contributed by atoms with Crippen LogP contribution in [0.3, 0.4) is 0 Å². The maximum atomic E-state index is 13.5. The highest BCUT2D eigenvalue weighted by atomic mass is 35.5. The molecule has 0 saturated heterocycles. The molecule has 30 heavy (non-hydrogen) atoms. The van der Waals surface area contributed by atoms with Crippen LogP contribution in [0.2, 0.25) is 5.02 Å². The normalized spacial score (nSPS) is 12.5. The SMILES string of the molecule is C=C/C=C(\C=C/C)NC(=O)c1cccc2[nH]c(-c3ccc(Cl)cc3C(F)(F)F)nc12. The van der Waals surface area contributed by atoms with Crippen LogP contribution < -0.4 is 5.32 Å². The number of halogens is 4. The van der Waals surface area contributed by atoms with Gasteiger partial charge >= 0.3 is 6.18 Å². The molecule has 0 aliphatic carbocycles. The van der Waals surface area contributed by atoms with Crippen LogP contribution in [-0.4, -0.2) is 15.9 Å². The van der Waals surface area contributed by atoms with Gasteiger partial charge in [0, 0.05) is 16.3 Å². The molecule has 1 aromatic heterocycles. The number of hydrogen-bond donors (Lipinski definition) is 2. The molecule has 2 aromatic carbocycles. The van der Waals surface area contributed by atoms with E-state index in [1.807, 2.05) is 0 Å². The number of para-hydroxylation sites is 1. The van der Waals surface area contributed by atoms with Crippen molar-refractivity contribution in [2.24, 2.45) is 0 Å². The molecule has 0 fully saturated rings. The number of nitrogens with zero attached hydrogens (tertiary/aromatic N) is 1. The Morgan fingerprint density at radius 2 is 2.03 bits per heavy atom. The van der Waals surface area contributed by atoms with Gasteiger partial charge in [0.05, 0.1) is 16.6 Å². The molecule has 3 aromatic rings. The zero-order valence-electron chi connectivity index (χ0n) is 15.8. The molecule has 0 aliphatic heterocycles. The summed E-state index contributed by atoms with van der Waals surface area (Å²) < 4.78 is 40.4. The van der Waals surface area contributed by atoms with Crippen LogP contribution in [-0.2, 0) is 6.18 Å². The van der Waals surface area contributed by atoms with Crippen molar-refractivity contribution in [1.29, 1.82) is 0 Å². The lowest BCUT2D eigenvalue weighted by molar-refractivity contribution is -0.137. The maximum Gasteiger partial charge on any atom is 0.417 e. The van der Waals surface area contributed by atoms with Gasteiger partial charge < -0.3 is 10.3 Å². The molecule has 0 aliphatic rings. The number of carbonyl (C=O) groups is 1. The Balaban J connectivity index is 2.09. The first-order chi connectivity index (χ1) is 14.2. The number of alkyl halides is 3. The number of aromatic amines is 1. The molecule has 3 rings (SSSR count). The largest absolute Gasteiger partial charge is 0.417 e. The van der Waals surface area contributed by atoms with Crippen LogP contribution in [0.25, 0.3) is 22.4 Å². The lowest BCUT2D eigenvalue weighted by atomic mass is 10.1. The number of allylic oxidation sites excluding steroid dienone is 4. The Morgan fingerprint density at radius 1 is 1.27 bits per heavy atom. The Morgan fingerprint density at radius 3 is 2.70 bits per heavy atom. The smallest absolute Gasteiger partial charge is 0.338 e. The van der Waals surface area contributed by atoms with Gasteiger partial charge in [-0.3, -0.25) is 4.79 Å². The van der Waals surface area contributed by atoms with Gasteiger partial charge in [-0.05, 0) is 49.4 Å². The lowest BCUT2D eigenvalue weighted by Gasteiger charge is -2.11. The summed E-state index contributed by atoms with van der Waals surface area (Å²) in [5.74, 6) is -0.457. The molecular weight excluding hydrogens is 415 g/mol. The van der Waals surface area contributed by atoms with Crippen LogP contribution in [0.4, 0.5) is 13.2 Å². The van der Waals surface area contributed by atoms with Gasteiger partial charge in [0.25, 0.3) is 5.91 Å². The van der Waals surface area contributed by atoms with Crippen molar-refractivity contribution in [3.63, 3.8) is 0 Å². The summed E-state index contributed by atoms with van der Waals surface area (Å²) in [5.41, 5.74) is 0.354. The van der Waals surface area contributed by atoms with Crippen molar-refractivity contribution >= 4 is 28.5 Å². The van der Waals surface area contributed by atoms with E-state index in [1.54, 1.807) is 43.4 Å². The van der Waals surface area contributed by atoms with Crippen LogP contribution in [0.15, 0.2) is 73.0 Å². The second kappa shape index (κ2) is 8.59. The maximum absolute atomic E-state index is 13.5. The van der Waals surface area contributed by atoms with Crippen molar-refractivity contribution in [3.05, 3.63) is 89.1 Å². The number of carbonyl (C=O) groups excluding carboxylic acids is 1. The summed E-state index contributed by atoms with van der Waals surface area (Å²) in [4.78, 5) is 19.9. The molecule has 8 heteroatoms. The highest BCUT2D eigenvalue weighted by Gasteiger charge is 2.34. The third-order valence-electron chi connectivity index (χ3n) is 4.20. The Labute approximate surface area is 175 Å². The number of amides is 1. The first-order valence-electron chi connectivity index (χ1n) is 8.87. The van der Waals surface area contributed by atoms with Gasteiger partial charge in [-0.1, -0.05) is 36.4 Å². The zero-order valence-corrected chi connectivity index (χ0v) is 16.6. The van der Waals surface area contributed by atoms with E-state index in [2.05, 4.69) is 21.9 Å². The molecule has 1 heterocycles. The molecule has 1 amide bonds. The fourth-order valence-corrected chi connectivity index (χ4v) is 3.12. The van der Waals surface area contributed by atoms with E-state index in [4.69, 9.17) is 11.6 Å². The van der Waals surface area contributed by atoms with Crippen LogP contribution in [0, 0.1) is 0 Å². The van der Waals surface area contributed by atoms with Crippen molar-refractivity contribution in [2.45, 2.75) is 13.1 Å². The number of imidazole rings is 1. The van der Waals surface area contributed by atoms with E-state index in [-0.39, 0.29) is 27.5 Å². The Hall–Kier alpha value is -3.32. The summed E-state index contributed by atoms with van der Waals surface area (Å²) in [6, 6.07) is 8.27. The van der Waals surface area contributed by atoms with E-state index in [0.717, 1.165) is 6.07 Å². The topological polar surface area (TPSA) is 57.8 Å². The number of aromatic nitrogens is 2. The van der Waals surface area contributed by atoms with Crippen molar-refractivity contribution < 1.29 is 18.0 Å². The monoisotopic (exact) mass is 431 g/mol. The minimum atomic E-state index is -4.61. The average molecular weight is 432 g/mol. The summed E-state index contributed by atoms with van der Waals surface area (Å²) in [6.45, 7) is 5.40. The van der Waals surface area contributed by atoms with Crippen molar-refractivity contribution in [3.8, 4) is 11.4 Å². The third kappa shape index (κ3) is 4.46. The van der Waals surface area contributed by atoms with Gasteiger partial charge in [0.1, 0.15) is 11.3 Å². The van der Waals surface area contributed by atoms with Gasteiger partial charge in [-0.15, -0.1) is 0 Å². The van der Waals surface area contributed by atoms with Crippen LogP contribution >= 0.6 is 11.6 Å². The molecule has 4 nitrogen and oxygen atoms in total. The van der Waals surface area contributed by atoms with E-state index < -0.39 is 17.6 Å². The number of benzene rings is 2. The molecular formula is C22H17ClF3N3O. The van der Waals surface area contributed by atoms with Gasteiger partial charge in [-0.2, -0.15) is 13.2 Å². The van der Waals surface area contributed by atoms with Crippen molar-refractivity contribution in [1.82, 2.24) is 15.3 Å². The van der Waals surface area contributed by atoms with Crippen LogP contribution in [0.5, 0.6) is 0 Å². The molecule has 0 atom stereocenters. The van der Waals surface area contributed by atoms with Crippen LogP contribution in [0.1, 0.15) is 22.8 Å². The van der Waals surface area contributed by atoms with E-state index >= 15 is 0 Å². The average Bonchev–Trinajstić information content (AvgIpc) is 3.11. The number of rotatable bonds is 5. The molecule has 154 valence electrons. The number of hydrogen-bond acceptors (Lipinski definition) is 2. The fourth-order valence-electron chi connectivity index (χ4n) is 2.94. The summed E-state index contributed by atoms with van der Waals surface area (Å²) in [6.07, 6.45) is 1.98. The first kappa shape index (κ1) is 21.4. The summed E-state index contributed by atoms with van der Waals surface area (Å²) in [5, 5.41) is 2.70. The summed E-state index contributed by atoms with van der Waals surface area (Å²) >= 11 is 5.75. The summed E-state index contributed by atoms with van der Waals surface area (Å²) in [7, 11) is 0.